The van der Waals surface area contributed by atoms with Crippen molar-refractivity contribution >= 4 is 17.5 Å². The molecular weight excluding hydrogens is 322 g/mol. The first kappa shape index (κ1) is 18.3. The lowest BCUT2D eigenvalue weighted by molar-refractivity contribution is 0.0953. The van der Waals surface area contributed by atoms with Crippen LogP contribution in [0.15, 0.2) is 36.5 Å². The smallest absolute Gasteiger partial charge is 0.274 e. The lowest BCUT2D eigenvalue weighted by atomic mass is 10.2. The molecular formula is C18H21N3O4. The molecule has 0 atom stereocenters. The Kier molecular flexibility index (Phi) is 6.33. The highest BCUT2D eigenvalue weighted by Crippen LogP contribution is 2.29. The van der Waals surface area contributed by atoms with Crippen molar-refractivity contribution in [3.8, 4) is 11.5 Å². The van der Waals surface area contributed by atoms with Gasteiger partial charge in [-0.2, -0.15) is 0 Å². The minimum Gasteiger partial charge on any atom is -0.493 e. The molecule has 0 fully saturated rings. The van der Waals surface area contributed by atoms with Gasteiger partial charge in [-0.05, 0) is 30.7 Å². The highest BCUT2D eigenvalue weighted by Gasteiger charge is 2.13. The van der Waals surface area contributed by atoms with Gasteiger partial charge in [0.15, 0.2) is 11.5 Å². The number of ether oxygens (including phenoxy) is 2. The summed E-state index contributed by atoms with van der Waals surface area (Å²) in [4.78, 5) is 28.4. The third-order valence-corrected chi connectivity index (χ3v) is 3.43. The van der Waals surface area contributed by atoms with Gasteiger partial charge in [0.1, 0.15) is 5.69 Å². The Hall–Kier alpha value is -3.09. The van der Waals surface area contributed by atoms with Gasteiger partial charge in [0.25, 0.3) is 11.8 Å². The van der Waals surface area contributed by atoms with E-state index in [1.54, 1.807) is 24.3 Å². The van der Waals surface area contributed by atoms with E-state index in [9.17, 15) is 9.59 Å². The second-order valence-corrected chi connectivity index (χ2v) is 5.21. The van der Waals surface area contributed by atoms with Crippen LogP contribution in [0.25, 0.3) is 0 Å². The van der Waals surface area contributed by atoms with Gasteiger partial charge >= 0.3 is 0 Å². The number of aromatic nitrogens is 1. The maximum atomic E-state index is 12.4. The van der Waals surface area contributed by atoms with Gasteiger partial charge in [0.2, 0.25) is 0 Å². The van der Waals surface area contributed by atoms with Crippen molar-refractivity contribution in [1.29, 1.82) is 0 Å². The van der Waals surface area contributed by atoms with Crippen LogP contribution in [0.5, 0.6) is 11.5 Å². The third kappa shape index (κ3) is 4.69. The number of rotatable bonds is 7. The van der Waals surface area contributed by atoms with Gasteiger partial charge in [-0.1, -0.05) is 6.92 Å². The lowest BCUT2D eigenvalue weighted by Gasteiger charge is -2.10. The van der Waals surface area contributed by atoms with E-state index in [2.05, 4.69) is 15.6 Å². The molecule has 0 aliphatic rings. The third-order valence-electron chi connectivity index (χ3n) is 3.43. The Bertz CT molecular complexity index is 762. The van der Waals surface area contributed by atoms with Crippen LogP contribution in [0.3, 0.4) is 0 Å². The van der Waals surface area contributed by atoms with Gasteiger partial charge in [-0.15, -0.1) is 0 Å². The lowest BCUT2D eigenvalue weighted by Crippen LogP contribution is -2.24. The Morgan fingerprint density at radius 3 is 2.48 bits per heavy atom. The topological polar surface area (TPSA) is 89.6 Å². The molecule has 2 N–H and O–H groups in total. The zero-order valence-electron chi connectivity index (χ0n) is 14.5. The zero-order valence-corrected chi connectivity index (χ0v) is 14.5. The number of carbonyl (C=O) groups is 2. The minimum atomic E-state index is -0.419. The summed E-state index contributed by atoms with van der Waals surface area (Å²) in [6.45, 7) is 2.54. The van der Waals surface area contributed by atoms with E-state index in [0.717, 1.165) is 6.42 Å². The summed E-state index contributed by atoms with van der Waals surface area (Å²) >= 11 is 0. The number of amides is 2. The Balaban J connectivity index is 2.14. The van der Waals surface area contributed by atoms with Gasteiger partial charge < -0.3 is 20.1 Å². The highest BCUT2D eigenvalue weighted by atomic mass is 16.5. The van der Waals surface area contributed by atoms with E-state index < -0.39 is 5.91 Å². The van der Waals surface area contributed by atoms with Crippen LogP contribution in [0.4, 0.5) is 5.69 Å². The molecule has 0 saturated carbocycles. The van der Waals surface area contributed by atoms with Crippen LogP contribution in [0, 0.1) is 0 Å². The Morgan fingerprint density at radius 1 is 1.04 bits per heavy atom. The molecule has 0 unspecified atom stereocenters. The van der Waals surface area contributed by atoms with Crippen LogP contribution >= 0.6 is 0 Å². The monoisotopic (exact) mass is 343 g/mol. The van der Waals surface area contributed by atoms with E-state index >= 15 is 0 Å². The molecule has 2 aromatic rings. The van der Waals surface area contributed by atoms with E-state index in [-0.39, 0.29) is 11.6 Å². The van der Waals surface area contributed by atoms with Crippen molar-refractivity contribution in [2.24, 2.45) is 0 Å². The first-order valence-corrected chi connectivity index (χ1v) is 7.86. The number of nitrogens with one attached hydrogen (secondary N) is 2. The van der Waals surface area contributed by atoms with Crippen LogP contribution in [-0.4, -0.2) is 37.6 Å². The zero-order chi connectivity index (χ0) is 18.2. The SMILES string of the molecule is CCCNC(=O)c1ccnc(C(=O)Nc2ccc(OC)c(OC)c2)c1. The summed E-state index contributed by atoms with van der Waals surface area (Å²) in [7, 11) is 3.05. The molecule has 0 aliphatic carbocycles. The number of benzene rings is 1. The Morgan fingerprint density at radius 2 is 1.80 bits per heavy atom. The highest BCUT2D eigenvalue weighted by molar-refractivity contribution is 6.04. The molecule has 2 rings (SSSR count). The fourth-order valence-corrected chi connectivity index (χ4v) is 2.15. The second-order valence-electron chi connectivity index (χ2n) is 5.21. The quantitative estimate of drug-likeness (QED) is 0.806. The maximum Gasteiger partial charge on any atom is 0.274 e. The fraction of sp³-hybridized carbons (Fsp3) is 0.278. The van der Waals surface area contributed by atoms with Crippen LogP contribution in [-0.2, 0) is 0 Å². The van der Waals surface area contributed by atoms with Crippen molar-refractivity contribution in [3.05, 3.63) is 47.8 Å². The molecule has 1 aromatic carbocycles. The van der Waals surface area contributed by atoms with Crippen LogP contribution in [0.1, 0.15) is 34.2 Å². The van der Waals surface area contributed by atoms with Crippen molar-refractivity contribution in [1.82, 2.24) is 10.3 Å². The molecule has 0 spiro atoms. The number of hydrogen-bond acceptors (Lipinski definition) is 5. The van der Waals surface area contributed by atoms with Gasteiger partial charge in [-0.25, -0.2) is 0 Å². The van der Waals surface area contributed by atoms with Crippen molar-refractivity contribution in [2.75, 3.05) is 26.1 Å². The van der Waals surface area contributed by atoms with Crippen molar-refractivity contribution in [2.45, 2.75) is 13.3 Å². The fourth-order valence-electron chi connectivity index (χ4n) is 2.15. The number of methoxy groups -OCH3 is 2. The molecule has 0 radical (unpaired) electrons. The molecule has 25 heavy (non-hydrogen) atoms. The molecule has 7 heteroatoms. The average Bonchev–Trinajstić information content (AvgIpc) is 2.65. The number of anilines is 1. The number of nitrogens with zero attached hydrogens (tertiary/aromatic N) is 1. The maximum absolute atomic E-state index is 12.4. The van der Waals surface area contributed by atoms with Gasteiger partial charge in [0.05, 0.1) is 14.2 Å². The van der Waals surface area contributed by atoms with Gasteiger partial charge in [0, 0.05) is 30.1 Å². The standard InChI is InChI=1S/C18H21N3O4/c1-4-8-20-17(22)12-7-9-19-14(10-12)18(23)21-13-5-6-15(24-2)16(11-13)25-3/h5-7,9-11H,4,8H2,1-3H3,(H,20,22)(H,21,23). The summed E-state index contributed by atoms with van der Waals surface area (Å²) in [5.41, 5.74) is 1.07. The van der Waals surface area contributed by atoms with Crippen LogP contribution in [0.2, 0.25) is 0 Å². The second kappa shape index (κ2) is 8.68. The van der Waals surface area contributed by atoms with Crippen molar-refractivity contribution in [3.63, 3.8) is 0 Å². The van der Waals surface area contributed by atoms with E-state index in [0.29, 0.717) is 29.3 Å². The summed E-state index contributed by atoms with van der Waals surface area (Å²) < 4.78 is 10.4. The Labute approximate surface area is 146 Å². The first-order chi connectivity index (χ1) is 12.1. The van der Waals surface area contributed by atoms with Crippen LogP contribution < -0.4 is 20.1 Å². The van der Waals surface area contributed by atoms with Crippen molar-refractivity contribution < 1.29 is 19.1 Å². The molecule has 7 nitrogen and oxygen atoms in total. The summed E-state index contributed by atoms with van der Waals surface area (Å²) in [6, 6.07) is 8.06. The van der Waals surface area contributed by atoms with E-state index in [1.165, 1.54) is 26.5 Å². The molecule has 2 amide bonds. The molecule has 0 aliphatic heterocycles. The van der Waals surface area contributed by atoms with E-state index in [4.69, 9.17) is 9.47 Å². The number of carbonyl (C=O) groups excluding carboxylic acids is 2. The number of hydrogen-bond donors (Lipinski definition) is 2. The molecule has 1 aromatic heterocycles. The number of pyridine rings is 1. The normalized spacial score (nSPS) is 10.0. The predicted octanol–water partition coefficient (Wildman–Crippen LogP) is 2.49. The molecule has 1 heterocycles. The van der Waals surface area contributed by atoms with Gasteiger partial charge in [-0.3, -0.25) is 14.6 Å². The first-order valence-electron chi connectivity index (χ1n) is 7.86. The van der Waals surface area contributed by atoms with E-state index in [1.807, 2.05) is 6.92 Å². The summed E-state index contributed by atoms with van der Waals surface area (Å²) in [5, 5.41) is 5.49. The average molecular weight is 343 g/mol. The summed E-state index contributed by atoms with van der Waals surface area (Å²) in [5.74, 6) is 0.413. The summed E-state index contributed by atoms with van der Waals surface area (Å²) in [6.07, 6.45) is 2.27. The molecule has 0 bridgehead atoms. The predicted molar refractivity (Wildman–Crippen MR) is 94.4 cm³/mol. The molecule has 132 valence electrons. The largest absolute Gasteiger partial charge is 0.493 e. The molecule has 0 saturated heterocycles. The minimum absolute atomic E-state index is 0.152.